The molecule has 0 aliphatic carbocycles. The first-order valence-electron chi connectivity index (χ1n) is 8.54. The lowest BCUT2D eigenvalue weighted by Gasteiger charge is -2.29. The van der Waals surface area contributed by atoms with Crippen molar-refractivity contribution in [2.24, 2.45) is 0 Å². The minimum Gasteiger partial charge on any atom is -0.375 e. The predicted octanol–water partition coefficient (Wildman–Crippen LogP) is 3.48. The number of amides is 1. The van der Waals surface area contributed by atoms with Crippen LogP contribution in [-0.4, -0.2) is 39.8 Å². The number of benzene rings is 2. The number of nitrogens with zero attached hydrogens (tertiary/aromatic N) is 1. The highest BCUT2D eigenvalue weighted by atomic mass is 35.5. The molecule has 0 heterocycles. The van der Waals surface area contributed by atoms with Gasteiger partial charge >= 0.3 is 0 Å². The second-order valence-corrected chi connectivity index (χ2v) is 8.86. The average Bonchev–Trinajstić information content (AvgIpc) is 2.64. The topological polar surface area (TPSA) is 75.7 Å². The minimum absolute atomic E-state index is 0.152. The molecule has 2 aromatic carbocycles. The van der Waals surface area contributed by atoms with Crippen molar-refractivity contribution in [2.45, 2.75) is 19.6 Å². The fourth-order valence-electron chi connectivity index (χ4n) is 2.59. The van der Waals surface area contributed by atoms with E-state index in [2.05, 4.69) is 5.32 Å². The summed E-state index contributed by atoms with van der Waals surface area (Å²) in [5.41, 5.74) is 1.18. The Labute approximate surface area is 175 Å². The van der Waals surface area contributed by atoms with E-state index in [9.17, 15) is 13.2 Å². The van der Waals surface area contributed by atoms with Crippen LogP contribution >= 0.6 is 23.2 Å². The first kappa shape index (κ1) is 22.5. The third-order valence-electron chi connectivity index (χ3n) is 3.89. The van der Waals surface area contributed by atoms with Crippen LogP contribution in [-0.2, 0) is 26.2 Å². The van der Waals surface area contributed by atoms with Gasteiger partial charge in [-0.15, -0.1) is 0 Å². The van der Waals surface area contributed by atoms with Gasteiger partial charge in [0.05, 0.1) is 30.2 Å². The molecule has 0 aliphatic rings. The normalized spacial score (nSPS) is 12.4. The van der Waals surface area contributed by atoms with Crippen molar-refractivity contribution in [3.05, 3.63) is 64.1 Å². The van der Waals surface area contributed by atoms with Crippen LogP contribution in [0, 0.1) is 0 Å². The molecule has 0 radical (unpaired) electrons. The Bertz CT molecular complexity index is 907. The van der Waals surface area contributed by atoms with E-state index in [1.54, 1.807) is 6.07 Å². The van der Waals surface area contributed by atoms with E-state index in [4.69, 9.17) is 27.9 Å². The number of carbonyl (C=O) groups excluding carboxylic acids is 1. The van der Waals surface area contributed by atoms with Crippen LogP contribution in [0.4, 0.5) is 5.69 Å². The molecule has 152 valence electrons. The van der Waals surface area contributed by atoms with Crippen molar-refractivity contribution >= 4 is 44.8 Å². The summed E-state index contributed by atoms with van der Waals surface area (Å²) < 4.78 is 31.1. The van der Waals surface area contributed by atoms with E-state index in [1.165, 1.54) is 19.1 Å². The molecule has 0 unspecified atom stereocenters. The van der Waals surface area contributed by atoms with Crippen molar-refractivity contribution in [2.75, 3.05) is 23.7 Å². The molecule has 0 aliphatic heterocycles. The zero-order valence-corrected chi connectivity index (χ0v) is 17.9. The van der Waals surface area contributed by atoms with Gasteiger partial charge in [0.2, 0.25) is 15.9 Å². The number of halogens is 2. The van der Waals surface area contributed by atoms with Gasteiger partial charge in [-0.05, 0) is 30.7 Å². The lowest BCUT2D eigenvalue weighted by Crippen LogP contribution is -2.48. The molecule has 0 aromatic heterocycles. The predicted molar refractivity (Wildman–Crippen MR) is 112 cm³/mol. The van der Waals surface area contributed by atoms with Crippen LogP contribution in [0.2, 0.25) is 10.0 Å². The van der Waals surface area contributed by atoms with Crippen LogP contribution in [0.25, 0.3) is 0 Å². The van der Waals surface area contributed by atoms with Gasteiger partial charge in [-0.25, -0.2) is 8.42 Å². The number of carbonyl (C=O) groups is 1. The molecule has 0 saturated carbocycles. The SMILES string of the molecule is C[C@H](C(=O)NCCOCc1ccccc1)N(c1cc(Cl)ccc1Cl)S(C)(=O)=O. The summed E-state index contributed by atoms with van der Waals surface area (Å²) in [6.45, 7) is 2.46. The molecule has 1 amide bonds. The molecule has 0 bridgehead atoms. The highest BCUT2D eigenvalue weighted by molar-refractivity contribution is 7.92. The number of hydrogen-bond donors (Lipinski definition) is 1. The van der Waals surface area contributed by atoms with Gasteiger partial charge < -0.3 is 10.1 Å². The third kappa shape index (κ3) is 6.38. The van der Waals surface area contributed by atoms with E-state index in [0.29, 0.717) is 18.2 Å². The lowest BCUT2D eigenvalue weighted by atomic mass is 10.2. The Morgan fingerprint density at radius 3 is 2.50 bits per heavy atom. The summed E-state index contributed by atoms with van der Waals surface area (Å²) in [6, 6.07) is 13.1. The van der Waals surface area contributed by atoms with E-state index in [-0.39, 0.29) is 17.3 Å². The Kier molecular flexibility index (Phi) is 8.12. The number of sulfonamides is 1. The third-order valence-corrected chi connectivity index (χ3v) is 5.67. The number of ether oxygens (including phenoxy) is 1. The largest absolute Gasteiger partial charge is 0.375 e. The van der Waals surface area contributed by atoms with E-state index >= 15 is 0 Å². The van der Waals surface area contributed by atoms with Gasteiger partial charge in [-0.2, -0.15) is 0 Å². The fraction of sp³-hybridized carbons (Fsp3) is 0.316. The molecular weight excluding hydrogens is 423 g/mol. The number of nitrogens with one attached hydrogen (secondary N) is 1. The van der Waals surface area contributed by atoms with Crippen molar-refractivity contribution in [1.29, 1.82) is 0 Å². The highest BCUT2D eigenvalue weighted by Gasteiger charge is 2.30. The maximum atomic E-state index is 12.5. The Morgan fingerprint density at radius 1 is 1.18 bits per heavy atom. The second-order valence-electron chi connectivity index (χ2n) is 6.16. The van der Waals surface area contributed by atoms with Gasteiger partial charge in [0.1, 0.15) is 6.04 Å². The first-order valence-corrected chi connectivity index (χ1v) is 11.1. The summed E-state index contributed by atoms with van der Waals surface area (Å²) in [5, 5.41) is 3.17. The summed E-state index contributed by atoms with van der Waals surface area (Å²) >= 11 is 12.1. The molecule has 2 aromatic rings. The van der Waals surface area contributed by atoms with Gasteiger partial charge in [0.15, 0.2) is 0 Å². The summed E-state index contributed by atoms with van der Waals surface area (Å²) in [7, 11) is -3.77. The number of anilines is 1. The number of rotatable bonds is 9. The summed E-state index contributed by atoms with van der Waals surface area (Å²) in [6.07, 6.45) is 1.01. The fourth-order valence-corrected chi connectivity index (χ4v) is 4.20. The number of hydrogen-bond acceptors (Lipinski definition) is 4. The monoisotopic (exact) mass is 444 g/mol. The maximum absolute atomic E-state index is 12.5. The standard InChI is InChI=1S/C19H22Cl2N2O4S/c1-14(19(24)22-10-11-27-13-15-6-4-3-5-7-15)23(28(2,25)26)18-12-16(20)8-9-17(18)21/h3-9,12,14H,10-11,13H2,1-2H3,(H,22,24)/t14-/m1/s1. The van der Waals surface area contributed by atoms with Crippen molar-refractivity contribution in [3.63, 3.8) is 0 Å². The molecular formula is C19H22Cl2N2O4S. The smallest absolute Gasteiger partial charge is 0.243 e. The Balaban J connectivity index is 1.97. The molecule has 1 atom stereocenters. The first-order chi connectivity index (χ1) is 13.2. The van der Waals surface area contributed by atoms with Gasteiger partial charge in [-0.1, -0.05) is 53.5 Å². The molecule has 0 spiro atoms. The summed E-state index contributed by atoms with van der Waals surface area (Å²) in [5.74, 6) is -0.468. The Hall–Kier alpha value is -1.80. The average molecular weight is 445 g/mol. The van der Waals surface area contributed by atoms with Crippen LogP contribution in [0.5, 0.6) is 0 Å². The van der Waals surface area contributed by atoms with Crippen molar-refractivity contribution < 1.29 is 17.9 Å². The molecule has 28 heavy (non-hydrogen) atoms. The van der Waals surface area contributed by atoms with Crippen LogP contribution in [0.1, 0.15) is 12.5 Å². The molecule has 0 fully saturated rings. The summed E-state index contributed by atoms with van der Waals surface area (Å²) in [4.78, 5) is 12.5. The van der Waals surface area contributed by atoms with Crippen LogP contribution in [0.15, 0.2) is 48.5 Å². The molecule has 0 saturated heterocycles. The zero-order valence-electron chi connectivity index (χ0n) is 15.6. The van der Waals surface area contributed by atoms with Gasteiger partial charge in [0, 0.05) is 11.6 Å². The lowest BCUT2D eigenvalue weighted by molar-refractivity contribution is -0.122. The molecule has 6 nitrogen and oxygen atoms in total. The quantitative estimate of drug-likeness (QED) is 0.600. The van der Waals surface area contributed by atoms with Crippen molar-refractivity contribution in [3.8, 4) is 0 Å². The van der Waals surface area contributed by atoms with E-state index in [1.807, 2.05) is 30.3 Å². The van der Waals surface area contributed by atoms with Crippen molar-refractivity contribution in [1.82, 2.24) is 5.32 Å². The second kappa shape index (κ2) is 10.1. The van der Waals surface area contributed by atoms with Gasteiger partial charge in [-0.3, -0.25) is 9.10 Å². The zero-order chi connectivity index (χ0) is 20.7. The maximum Gasteiger partial charge on any atom is 0.243 e. The van der Waals surface area contributed by atoms with Gasteiger partial charge in [0.25, 0.3) is 0 Å². The van der Waals surface area contributed by atoms with Crippen LogP contribution in [0.3, 0.4) is 0 Å². The minimum atomic E-state index is -3.77. The van der Waals surface area contributed by atoms with E-state index < -0.39 is 22.0 Å². The molecule has 2 rings (SSSR count). The molecule has 9 heteroatoms. The Morgan fingerprint density at radius 2 is 1.86 bits per heavy atom. The highest BCUT2D eigenvalue weighted by Crippen LogP contribution is 2.32. The molecule has 1 N–H and O–H groups in total. The van der Waals surface area contributed by atoms with Crippen LogP contribution < -0.4 is 9.62 Å². The van der Waals surface area contributed by atoms with E-state index in [0.717, 1.165) is 16.1 Å².